The van der Waals surface area contributed by atoms with Crippen molar-refractivity contribution in [2.75, 3.05) is 37.7 Å². The zero-order valence-corrected chi connectivity index (χ0v) is 14.5. The molecule has 0 aliphatic carbocycles. The smallest absolute Gasteiger partial charge is 0.329 e. The molecule has 2 aliphatic heterocycles. The standard InChI is InChI=1S/C17H20ClN3O4/c18-12-3-1-2-4-14(12)20-7-9-21(10-8-20)16(23)11-25-17(24)13-5-6-15(22)19-13/h1-4,13H,5-11H2,(H,19,22)/t13-/m1/s1. The molecule has 0 bridgehead atoms. The predicted octanol–water partition coefficient (Wildman–Crippen LogP) is 0.810. The van der Waals surface area contributed by atoms with Gasteiger partial charge in [0.2, 0.25) is 5.91 Å². The summed E-state index contributed by atoms with van der Waals surface area (Å²) in [4.78, 5) is 38.9. The third-order valence-electron chi connectivity index (χ3n) is 4.44. The molecule has 1 atom stereocenters. The van der Waals surface area contributed by atoms with Crippen molar-refractivity contribution >= 4 is 35.1 Å². The molecule has 2 amide bonds. The number of anilines is 1. The second-order valence-corrected chi connectivity index (χ2v) is 6.49. The molecule has 0 aromatic heterocycles. The third kappa shape index (κ3) is 4.22. The van der Waals surface area contributed by atoms with E-state index in [1.807, 2.05) is 24.3 Å². The van der Waals surface area contributed by atoms with Gasteiger partial charge in [-0.25, -0.2) is 4.79 Å². The fourth-order valence-corrected chi connectivity index (χ4v) is 3.28. The maximum atomic E-state index is 12.2. The van der Waals surface area contributed by atoms with E-state index in [1.165, 1.54) is 0 Å². The predicted molar refractivity (Wildman–Crippen MR) is 92.4 cm³/mol. The van der Waals surface area contributed by atoms with Gasteiger partial charge < -0.3 is 19.9 Å². The maximum Gasteiger partial charge on any atom is 0.329 e. The summed E-state index contributed by atoms with van der Waals surface area (Å²) in [5, 5.41) is 3.22. The Morgan fingerprint density at radius 3 is 2.56 bits per heavy atom. The molecule has 0 saturated carbocycles. The van der Waals surface area contributed by atoms with Crippen molar-refractivity contribution < 1.29 is 19.1 Å². The summed E-state index contributed by atoms with van der Waals surface area (Å²) in [6.07, 6.45) is 0.736. The molecule has 0 radical (unpaired) electrons. The number of carbonyl (C=O) groups excluding carboxylic acids is 3. The van der Waals surface area contributed by atoms with E-state index < -0.39 is 12.0 Å². The lowest BCUT2D eigenvalue weighted by Gasteiger charge is -2.36. The first-order valence-corrected chi connectivity index (χ1v) is 8.65. The lowest BCUT2D eigenvalue weighted by atomic mass is 10.2. The highest BCUT2D eigenvalue weighted by atomic mass is 35.5. The number of esters is 1. The van der Waals surface area contributed by atoms with Crippen LogP contribution in [0.2, 0.25) is 5.02 Å². The van der Waals surface area contributed by atoms with E-state index in [2.05, 4.69) is 10.2 Å². The van der Waals surface area contributed by atoms with E-state index in [9.17, 15) is 14.4 Å². The van der Waals surface area contributed by atoms with Gasteiger partial charge in [0.1, 0.15) is 6.04 Å². The fraction of sp³-hybridized carbons (Fsp3) is 0.471. The number of ether oxygens (including phenoxy) is 1. The highest BCUT2D eigenvalue weighted by Crippen LogP contribution is 2.26. The van der Waals surface area contributed by atoms with Crippen molar-refractivity contribution in [3.05, 3.63) is 29.3 Å². The van der Waals surface area contributed by atoms with Crippen LogP contribution in [0.15, 0.2) is 24.3 Å². The lowest BCUT2D eigenvalue weighted by Crippen LogP contribution is -2.50. The fourth-order valence-electron chi connectivity index (χ4n) is 3.02. The van der Waals surface area contributed by atoms with E-state index in [1.54, 1.807) is 4.90 Å². The number of hydrogen-bond acceptors (Lipinski definition) is 5. The number of amides is 2. The lowest BCUT2D eigenvalue weighted by molar-refractivity contribution is -0.153. The van der Waals surface area contributed by atoms with Gasteiger partial charge in [0, 0.05) is 32.6 Å². The summed E-state index contributed by atoms with van der Waals surface area (Å²) >= 11 is 6.20. The van der Waals surface area contributed by atoms with Crippen LogP contribution in [-0.4, -0.2) is 61.5 Å². The number of nitrogens with zero attached hydrogens (tertiary/aromatic N) is 2. The molecular formula is C17H20ClN3O4. The molecule has 7 nitrogen and oxygen atoms in total. The molecule has 2 saturated heterocycles. The summed E-state index contributed by atoms with van der Waals surface area (Å²) < 4.78 is 5.04. The van der Waals surface area contributed by atoms with Gasteiger partial charge in [0.05, 0.1) is 10.7 Å². The van der Waals surface area contributed by atoms with Crippen LogP contribution < -0.4 is 10.2 Å². The first kappa shape index (κ1) is 17.5. The van der Waals surface area contributed by atoms with Crippen LogP contribution >= 0.6 is 11.6 Å². The van der Waals surface area contributed by atoms with Crippen LogP contribution in [0.4, 0.5) is 5.69 Å². The molecule has 3 rings (SSSR count). The van der Waals surface area contributed by atoms with Gasteiger partial charge >= 0.3 is 5.97 Å². The minimum atomic E-state index is -0.627. The first-order valence-electron chi connectivity index (χ1n) is 8.28. The second kappa shape index (κ2) is 7.74. The number of rotatable bonds is 4. The largest absolute Gasteiger partial charge is 0.454 e. The molecule has 1 aromatic carbocycles. The number of piperazine rings is 1. The Hall–Kier alpha value is -2.28. The Labute approximate surface area is 150 Å². The molecule has 134 valence electrons. The van der Waals surface area contributed by atoms with Crippen LogP contribution in [-0.2, 0) is 19.1 Å². The van der Waals surface area contributed by atoms with E-state index >= 15 is 0 Å². The molecule has 1 aromatic rings. The average Bonchev–Trinajstić information content (AvgIpc) is 3.06. The Morgan fingerprint density at radius 1 is 1.20 bits per heavy atom. The average molecular weight is 366 g/mol. The maximum absolute atomic E-state index is 12.2. The topological polar surface area (TPSA) is 79.0 Å². The summed E-state index contributed by atoms with van der Waals surface area (Å²) in [7, 11) is 0. The second-order valence-electron chi connectivity index (χ2n) is 6.09. The molecule has 2 fully saturated rings. The van der Waals surface area contributed by atoms with Gasteiger partial charge in [0.25, 0.3) is 5.91 Å². The van der Waals surface area contributed by atoms with Crippen LogP contribution in [0.25, 0.3) is 0 Å². The monoisotopic (exact) mass is 365 g/mol. The van der Waals surface area contributed by atoms with Crippen molar-refractivity contribution in [2.45, 2.75) is 18.9 Å². The van der Waals surface area contributed by atoms with Crippen LogP contribution in [0, 0.1) is 0 Å². The number of carbonyl (C=O) groups is 3. The van der Waals surface area contributed by atoms with E-state index in [0.29, 0.717) is 44.0 Å². The van der Waals surface area contributed by atoms with Crippen molar-refractivity contribution in [3.8, 4) is 0 Å². The molecule has 0 spiro atoms. The van der Waals surface area contributed by atoms with Crippen LogP contribution in [0.1, 0.15) is 12.8 Å². The zero-order valence-electron chi connectivity index (χ0n) is 13.7. The Bertz CT molecular complexity index is 674. The van der Waals surface area contributed by atoms with Crippen LogP contribution in [0.5, 0.6) is 0 Å². The summed E-state index contributed by atoms with van der Waals surface area (Å²) in [5.74, 6) is -0.936. The normalized spacial score (nSPS) is 20.4. The van der Waals surface area contributed by atoms with E-state index in [0.717, 1.165) is 5.69 Å². The van der Waals surface area contributed by atoms with Gasteiger partial charge in [-0.15, -0.1) is 0 Å². The number of para-hydroxylation sites is 1. The van der Waals surface area contributed by atoms with Crippen molar-refractivity contribution in [1.29, 1.82) is 0 Å². The van der Waals surface area contributed by atoms with Gasteiger partial charge in [0.15, 0.2) is 6.61 Å². The molecule has 0 unspecified atom stereocenters. The zero-order chi connectivity index (χ0) is 17.8. The number of benzene rings is 1. The minimum absolute atomic E-state index is 0.163. The summed E-state index contributed by atoms with van der Waals surface area (Å²) in [6, 6.07) is 6.98. The van der Waals surface area contributed by atoms with Crippen molar-refractivity contribution in [2.24, 2.45) is 0 Å². The molecule has 8 heteroatoms. The quantitative estimate of drug-likeness (QED) is 0.799. The van der Waals surface area contributed by atoms with Gasteiger partial charge in [-0.05, 0) is 18.6 Å². The van der Waals surface area contributed by atoms with Gasteiger partial charge in [-0.2, -0.15) is 0 Å². The van der Waals surface area contributed by atoms with E-state index in [-0.39, 0.29) is 18.4 Å². The molecule has 25 heavy (non-hydrogen) atoms. The molecule has 2 heterocycles. The first-order chi connectivity index (χ1) is 12.0. The SMILES string of the molecule is O=C1CC[C@H](C(=O)OCC(=O)N2CCN(c3ccccc3Cl)CC2)N1. The van der Waals surface area contributed by atoms with E-state index in [4.69, 9.17) is 16.3 Å². The summed E-state index contributed by atoms with van der Waals surface area (Å²) in [5.41, 5.74) is 0.958. The highest BCUT2D eigenvalue weighted by Gasteiger charge is 2.30. The van der Waals surface area contributed by atoms with Gasteiger partial charge in [-0.1, -0.05) is 23.7 Å². The summed E-state index contributed by atoms with van der Waals surface area (Å²) in [6.45, 7) is 2.13. The van der Waals surface area contributed by atoms with Crippen molar-refractivity contribution in [1.82, 2.24) is 10.2 Å². The highest BCUT2D eigenvalue weighted by molar-refractivity contribution is 6.33. The molecule has 1 N–H and O–H groups in total. The number of halogens is 1. The van der Waals surface area contributed by atoms with Gasteiger partial charge in [-0.3, -0.25) is 9.59 Å². The Kier molecular flexibility index (Phi) is 5.43. The molecular weight excluding hydrogens is 346 g/mol. The van der Waals surface area contributed by atoms with Crippen LogP contribution in [0.3, 0.4) is 0 Å². The third-order valence-corrected chi connectivity index (χ3v) is 4.76. The van der Waals surface area contributed by atoms with Crippen molar-refractivity contribution in [3.63, 3.8) is 0 Å². The molecule has 2 aliphatic rings. The Morgan fingerprint density at radius 2 is 1.92 bits per heavy atom. The minimum Gasteiger partial charge on any atom is -0.454 e. The number of nitrogens with one attached hydrogen (secondary N) is 1. The Balaban J connectivity index is 1.45. The number of hydrogen-bond donors (Lipinski definition) is 1.